The van der Waals surface area contributed by atoms with Gasteiger partial charge in [0.2, 0.25) is 0 Å². The average Bonchev–Trinajstić information content (AvgIpc) is 2.75. The van der Waals surface area contributed by atoms with Gasteiger partial charge in [0.15, 0.2) is 0 Å². The average molecular weight is 382 g/mol. The van der Waals surface area contributed by atoms with Crippen LogP contribution in [0.5, 0.6) is 5.75 Å². The van der Waals surface area contributed by atoms with E-state index < -0.39 is 0 Å². The second kappa shape index (κ2) is 10.1. The fourth-order valence-corrected chi connectivity index (χ4v) is 3.56. The van der Waals surface area contributed by atoms with Crippen molar-refractivity contribution in [3.8, 4) is 5.75 Å². The standard InChI is InChI=1S/C23H31N3O2/c1-3-4-19-5-7-20(8-6-19)23(27)24-13-14-25-15-17-26(18-16-25)21-9-11-22(28-2)12-10-21/h5-12H,3-4,13-18H2,1-2H3,(H,24,27). The normalized spacial score (nSPS) is 14.7. The van der Waals surface area contributed by atoms with Crippen molar-refractivity contribution < 1.29 is 9.53 Å². The molecule has 1 saturated heterocycles. The van der Waals surface area contributed by atoms with Gasteiger partial charge in [0, 0.05) is 50.5 Å². The molecule has 0 bridgehead atoms. The number of aryl methyl sites for hydroxylation is 1. The van der Waals surface area contributed by atoms with Crippen LogP contribution in [0, 0.1) is 0 Å². The summed E-state index contributed by atoms with van der Waals surface area (Å²) in [5, 5.41) is 3.05. The van der Waals surface area contributed by atoms with Crippen LogP contribution in [0.15, 0.2) is 48.5 Å². The number of nitrogens with zero attached hydrogens (tertiary/aromatic N) is 2. The van der Waals surface area contributed by atoms with Gasteiger partial charge in [-0.25, -0.2) is 0 Å². The zero-order chi connectivity index (χ0) is 19.8. The highest BCUT2D eigenvalue weighted by molar-refractivity contribution is 5.94. The first-order valence-electron chi connectivity index (χ1n) is 10.2. The van der Waals surface area contributed by atoms with Crippen LogP contribution in [-0.4, -0.2) is 57.2 Å². The molecule has 1 amide bonds. The largest absolute Gasteiger partial charge is 0.497 e. The quantitative estimate of drug-likeness (QED) is 0.763. The van der Waals surface area contributed by atoms with Crippen molar-refractivity contribution in [1.82, 2.24) is 10.2 Å². The summed E-state index contributed by atoms with van der Waals surface area (Å²) in [7, 11) is 1.69. The van der Waals surface area contributed by atoms with Gasteiger partial charge in [-0.1, -0.05) is 25.5 Å². The number of piperazine rings is 1. The molecule has 5 nitrogen and oxygen atoms in total. The van der Waals surface area contributed by atoms with Gasteiger partial charge >= 0.3 is 0 Å². The maximum Gasteiger partial charge on any atom is 0.251 e. The Morgan fingerprint density at radius 2 is 1.68 bits per heavy atom. The zero-order valence-electron chi connectivity index (χ0n) is 17.0. The summed E-state index contributed by atoms with van der Waals surface area (Å²) in [5.41, 5.74) is 3.26. The molecule has 0 aromatic heterocycles. The number of nitrogens with one attached hydrogen (secondary N) is 1. The lowest BCUT2D eigenvalue weighted by molar-refractivity contribution is 0.0948. The van der Waals surface area contributed by atoms with Crippen molar-refractivity contribution in [1.29, 1.82) is 0 Å². The fraction of sp³-hybridized carbons (Fsp3) is 0.435. The first-order chi connectivity index (χ1) is 13.7. The highest BCUT2D eigenvalue weighted by Gasteiger charge is 2.17. The number of anilines is 1. The molecule has 28 heavy (non-hydrogen) atoms. The lowest BCUT2D eigenvalue weighted by Gasteiger charge is -2.36. The lowest BCUT2D eigenvalue weighted by Crippen LogP contribution is -2.48. The third-order valence-electron chi connectivity index (χ3n) is 5.28. The van der Waals surface area contributed by atoms with Crippen LogP contribution >= 0.6 is 0 Å². The molecule has 0 radical (unpaired) electrons. The first-order valence-corrected chi connectivity index (χ1v) is 10.2. The highest BCUT2D eigenvalue weighted by Crippen LogP contribution is 2.20. The number of rotatable bonds is 8. The summed E-state index contributed by atoms with van der Waals surface area (Å²) in [4.78, 5) is 17.1. The zero-order valence-corrected chi connectivity index (χ0v) is 17.0. The molecule has 0 saturated carbocycles. The van der Waals surface area contributed by atoms with Gasteiger partial charge in [0.1, 0.15) is 5.75 Å². The van der Waals surface area contributed by atoms with Crippen LogP contribution in [-0.2, 0) is 6.42 Å². The van der Waals surface area contributed by atoms with E-state index in [2.05, 4.69) is 46.3 Å². The van der Waals surface area contributed by atoms with Crippen LogP contribution in [0.25, 0.3) is 0 Å². The van der Waals surface area contributed by atoms with E-state index in [1.54, 1.807) is 7.11 Å². The van der Waals surface area contributed by atoms with E-state index in [0.29, 0.717) is 6.54 Å². The molecule has 1 heterocycles. The molecule has 0 atom stereocenters. The van der Waals surface area contributed by atoms with Gasteiger partial charge in [-0.05, 0) is 48.4 Å². The van der Waals surface area contributed by atoms with Gasteiger partial charge in [-0.15, -0.1) is 0 Å². The fourth-order valence-electron chi connectivity index (χ4n) is 3.56. The van der Waals surface area contributed by atoms with Crippen LogP contribution < -0.4 is 15.0 Å². The number of hydrogen-bond acceptors (Lipinski definition) is 4. The van der Waals surface area contributed by atoms with Crippen molar-refractivity contribution in [3.05, 3.63) is 59.7 Å². The van der Waals surface area contributed by atoms with Crippen molar-refractivity contribution in [2.45, 2.75) is 19.8 Å². The van der Waals surface area contributed by atoms with Crippen molar-refractivity contribution >= 4 is 11.6 Å². The molecule has 1 aliphatic rings. The van der Waals surface area contributed by atoms with Crippen LogP contribution in [0.4, 0.5) is 5.69 Å². The minimum absolute atomic E-state index is 0.0138. The molecule has 0 unspecified atom stereocenters. The summed E-state index contributed by atoms with van der Waals surface area (Å²) in [6.07, 6.45) is 2.18. The number of benzene rings is 2. The molecular formula is C23H31N3O2. The van der Waals surface area contributed by atoms with Gasteiger partial charge in [0.05, 0.1) is 7.11 Å². The Hall–Kier alpha value is -2.53. The van der Waals surface area contributed by atoms with E-state index in [9.17, 15) is 4.79 Å². The van der Waals surface area contributed by atoms with E-state index in [0.717, 1.165) is 56.9 Å². The summed E-state index contributed by atoms with van der Waals surface area (Å²) >= 11 is 0. The van der Waals surface area contributed by atoms with Gasteiger partial charge in [-0.3, -0.25) is 9.69 Å². The SMILES string of the molecule is CCCc1ccc(C(=O)NCCN2CCN(c3ccc(OC)cc3)CC2)cc1. The second-order valence-corrected chi connectivity index (χ2v) is 7.23. The number of amides is 1. The lowest BCUT2D eigenvalue weighted by atomic mass is 10.1. The van der Waals surface area contributed by atoms with Gasteiger partial charge in [0.25, 0.3) is 5.91 Å². The number of carbonyl (C=O) groups is 1. The van der Waals surface area contributed by atoms with E-state index in [1.165, 1.54) is 11.3 Å². The Kier molecular flexibility index (Phi) is 7.31. The van der Waals surface area contributed by atoms with E-state index >= 15 is 0 Å². The Bertz CT molecular complexity index is 735. The second-order valence-electron chi connectivity index (χ2n) is 7.23. The summed E-state index contributed by atoms with van der Waals surface area (Å²) in [5.74, 6) is 0.901. The molecular weight excluding hydrogens is 350 g/mol. The Morgan fingerprint density at radius 3 is 2.29 bits per heavy atom. The van der Waals surface area contributed by atoms with Crippen LogP contribution in [0.2, 0.25) is 0 Å². The first kappa shape index (κ1) is 20.2. The molecule has 1 N–H and O–H groups in total. The molecule has 0 aliphatic carbocycles. The van der Waals surface area contributed by atoms with Crippen molar-refractivity contribution in [2.75, 3.05) is 51.3 Å². The van der Waals surface area contributed by atoms with Gasteiger partial charge < -0.3 is 15.0 Å². The molecule has 5 heteroatoms. The molecule has 0 spiro atoms. The van der Waals surface area contributed by atoms with E-state index in [1.807, 2.05) is 24.3 Å². The smallest absolute Gasteiger partial charge is 0.251 e. The van der Waals surface area contributed by atoms with E-state index in [4.69, 9.17) is 4.74 Å². The number of hydrogen-bond donors (Lipinski definition) is 1. The molecule has 1 aliphatic heterocycles. The molecule has 3 rings (SSSR count). The minimum atomic E-state index is 0.0138. The summed E-state index contributed by atoms with van der Waals surface area (Å²) in [6, 6.07) is 16.2. The van der Waals surface area contributed by atoms with E-state index in [-0.39, 0.29) is 5.91 Å². The third-order valence-corrected chi connectivity index (χ3v) is 5.28. The number of carbonyl (C=O) groups excluding carboxylic acids is 1. The predicted molar refractivity (Wildman–Crippen MR) is 114 cm³/mol. The molecule has 1 fully saturated rings. The Balaban J connectivity index is 1.38. The van der Waals surface area contributed by atoms with Crippen LogP contribution in [0.1, 0.15) is 29.3 Å². The maximum absolute atomic E-state index is 12.3. The Morgan fingerprint density at radius 1 is 1.00 bits per heavy atom. The molecule has 2 aromatic carbocycles. The van der Waals surface area contributed by atoms with Crippen LogP contribution in [0.3, 0.4) is 0 Å². The number of ether oxygens (including phenoxy) is 1. The summed E-state index contributed by atoms with van der Waals surface area (Å²) < 4.78 is 5.22. The minimum Gasteiger partial charge on any atom is -0.497 e. The molecule has 150 valence electrons. The van der Waals surface area contributed by atoms with Crippen molar-refractivity contribution in [2.24, 2.45) is 0 Å². The Labute approximate surface area is 168 Å². The monoisotopic (exact) mass is 381 g/mol. The topological polar surface area (TPSA) is 44.8 Å². The highest BCUT2D eigenvalue weighted by atomic mass is 16.5. The predicted octanol–water partition coefficient (Wildman–Crippen LogP) is 3.20. The molecule has 2 aromatic rings. The maximum atomic E-state index is 12.3. The third kappa shape index (κ3) is 5.49. The number of methoxy groups -OCH3 is 1. The van der Waals surface area contributed by atoms with Crippen molar-refractivity contribution in [3.63, 3.8) is 0 Å². The summed E-state index contributed by atoms with van der Waals surface area (Å²) in [6.45, 7) is 7.74. The van der Waals surface area contributed by atoms with Gasteiger partial charge in [-0.2, -0.15) is 0 Å².